The van der Waals surface area contributed by atoms with Crippen LogP contribution in [-0.2, 0) is 9.09 Å². The summed E-state index contributed by atoms with van der Waals surface area (Å²) in [5.41, 5.74) is 0.774. The first kappa shape index (κ1) is 22.8. The number of amides is 1. The van der Waals surface area contributed by atoms with Crippen molar-refractivity contribution in [3.05, 3.63) is 57.6 Å². The van der Waals surface area contributed by atoms with Gasteiger partial charge in [-0.1, -0.05) is 0 Å². The smallest absolute Gasteiger partial charge is 0.346 e. The molecule has 1 amide bonds. The second-order valence-electron chi connectivity index (χ2n) is 8.54. The van der Waals surface area contributed by atoms with Gasteiger partial charge in [-0.2, -0.15) is 0 Å². The summed E-state index contributed by atoms with van der Waals surface area (Å²) in [6, 6.07) is 9.27. The van der Waals surface area contributed by atoms with Crippen LogP contribution < -0.4 is 9.47 Å². The van der Waals surface area contributed by atoms with Crippen LogP contribution in [0.15, 0.2) is 36.4 Å². The number of nitro benzene ring substituents is 1. The minimum Gasteiger partial charge on any atom is -0.489 e. The topological polar surface area (TPSA) is 114 Å². The van der Waals surface area contributed by atoms with Crippen LogP contribution in [0, 0.1) is 10.1 Å². The highest BCUT2D eigenvalue weighted by atomic mass is 31.2. The van der Waals surface area contributed by atoms with Crippen LogP contribution in [0.5, 0.6) is 17.2 Å². The summed E-state index contributed by atoms with van der Waals surface area (Å²) < 4.78 is 35.1. The fraction of sp³-hybridized carbons (Fsp3) is 0.409. The Morgan fingerprint density at radius 2 is 1.76 bits per heavy atom. The Morgan fingerprint density at radius 3 is 2.32 bits per heavy atom. The molecule has 2 aromatic carbocycles. The quantitative estimate of drug-likeness (QED) is 0.238. The van der Waals surface area contributed by atoms with Crippen molar-refractivity contribution in [2.24, 2.45) is 0 Å². The van der Waals surface area contributed by atoms with Crippen LogP contribution in [0.4, 0.5) is 5.69 Å². The highest BCUT2D eigenvalue weighted by Gasteiger charge is 2.51. The average molecular weight is 488 g/mol. The zero-order chi connectivity index (χ0) is 24.0. The molecule has 180 valence electrons. The van der Waals surface area contributed by atoms with E-state index >= 15 is 0 Å². The SMILES string of the molecule is CN(C)C(=O)c1ccc(Oc2c([N+](=O)[O-])ccc3c2OCC[C@@H]3OP(=O)(N2CC2)N2CC2)cc1. The molecule has 3 heterocycles. The Balaban J connectivity index is 1.46. The van der Waals surface area contributed by atoms with E-state index in [1.165, 1.54) is 11.0 Å². The van der Waals surface area contributed by atoms with E-state index in [-0.39, 0.29) is 29.7 Å². The molecule has 2 saturated heterocycles. The molecule has 1 atom stereocenters. The summed E-state index contributed by atoms with van der Waals surface area (Å²) in [5, 5.41) is 11.8. The summed E-state index contributed by atoms with van der Waals surface area (Å²) in [7, 11) is 0.208. The predicted octanol–water partition coefficient (Wildman–Crippen LogP) is 3.67. The van der Waals surface area contributed by atoms with Crippen LogP contribution in [0.25, 0.3) is 0 Å². The van der Waals surface area contributed by atoms with Gasteiger partial charge < -0.3 is 14.4 Å². The van der Waals surface area contributed by atoms with Crippen molar-refractivity contribution in [1.29, 1.82) is 0 Å². The van der Waals surface area contributed by atoms with Crippen LogP contribution in [-0.4, -0.2) is 72.0 Å². The van der Waals surface area contributed by atoms with Crippen molar-refractivity contribution < 1.29 is 28.3 Å². The molecule has 34 heavy (non-hydrogen) atoms. The van der Waals surface area contributed by atoms with Crippen molar-refractivity contribution >= 4 is 19.3 Å². The molecule has 0 spiro atoms. The maximum Gasteiger partial charge on any atom is 0.346 e. The lowest BCUT2D eigenvalue weighted by atomic mass is 10.0. The highest BCUT2D eigenvalue weighted by molar-refractivity contribution is 7.54. The number of hydrogen-bond acceptors (Lipinski definition) is 7. The summed E-state index contributed by atoms with van der Waals surface area (Å²) in [6.45, 7) is 3.15. The molecule has 0 saturated carbocycles. The van der Waals surface area contributed by atoms with E-state index in [0.29, 0.717) is 23.3 Å². The van der Waals surface area contributed by atoms with Gasteiger partial charge in [-0.15, -0.1) is 0 Å². The van der Waals surface area contributed by atoms with Gasteiger partial charge in [0.25, 0.3) is 5.91 Å². The average Bonchev–Trinajstić information content (AvgIpc) is 3.71. The standard InChI is InChI=1S/C22H25N4O7P/c1-23(2)22(27)15-3-5-16(6-4-15)32-21-18(26(28)29)8-7-17-19(9-14-31-20(17)21)33-34(30,24-10-11-24)25-12-13-25/h3-8,19H,9-14H2,1-2H3/t19-/m0/s1. The van der Waals surface area contributed by atoms with Gasteiger partial charge >= 0.3 is 13.4 Å². The Morgan fingerprint density at radius 1 is 1.12 bits per heavy atom. The minimum atomic E-state index is -3.10. The summed E-state index contributed by atoms with van der Waals surface area (Å²) in [4.78, 5) is 24.8. The summed E-state index contributed by atoms with van der Waals surface area (Å²) in [6.07, 6.45) is -0.0731. The lowest BCUT2D eigenvalue weighted by Crippen LogP contribution is -2.21. The second kappa shape index (κ2) is 8.66. The number of carbonyl (C=O) groups is 1. The maximum absolute atomic E-state index is 13.5. The van der Waals surface area contributed by atoms with Gasteiger partial charge in [0.15, 0.2) is 5.75 Å². The fourth-order valence-electron chi connectivity index (χ4n) is 3.86. The van der Waals surface area contributed by atoms with E-state index < -0.39 is 18.7 Å². The molecule has 0 aliphatic carbocycles. The molecule has 0 unspecified atom stereocenters. The molecule has 5 rings (SSSR count). The first-order chi connectivity index (χ1) is 16.3. The number of nitrogens with zero attached hydrogens (tertiary/aromatic N) is 4. The predicted molar refractivity (Wildman–Crippen MR) is 122 cm³/mol. The molecule has 11 nitrogen and oxygen atoms in total. The van der Waals surface area contributed by atoms with Gasteiger partial charge in [-0.3, -0.25) is 24.0 Å². The molecular formula is C22H25N4O7P. The van der Waals surface area contributed by atoms with Crippen molar-refractivity contribution in [3.8, 4) is 17.2 Å². The summed E-state index contributed by atoms with van der Waals surface area (Å²) in [5.74, 6) is 0.315. The molecular weight excluding hydrogens is 463 g/mol. The molecule has 2 aromatic rings. The van der Waals surface area contributed by atoms with E-state index in [4.69, 9.17) is 14.0 Å². The zero-order valence-electron chi connectivity index (χ0n) is 18.9. The third-order valence-electron chi connectivity index (χ3n) is 5.85. The Labute approximate surface area is 196 Å². The van der Waals surface area contributed by atoms with Gasteiger partial charge in [0.05, 0.1) is 17.6 Å². The number of carbonyl (C=O) groups excluding carboxylic acids is 1. The maximum atomic E-state index is 13.5. The third-order valence-corrected chi connectivity index (χ3v) is 8.60. The number of benzene rings is 2. The molecule has 0 bridgehead atoms. The number of nitro groups is 1. The van der Waals surface area contributed by atoms with Crippen LogP contribution >= 0.6 is 7.67 Å². The van der Waals surface area contributed by atoms with E-state index in [1.807, 2.05) is 9.34 Å². The lowest BCUT2D eigenvalue weighted by molar-refractivity contribution is -0.385. The van der Waals surface area contributed by atoms with E-state index in [1.54, 1.807) is 44.4 Å². The summed E-state index contributed by atoms with van der Waals surface area (Å²) >= 11 is 0. The second-order valence-corrected chi connectivity index (χ2v) is 10.9. The fourth-order valence-corrected chi connectivity index (χ4v) is 6.22. The molecule has 3 aliphatic rings. The van der Waals surface area contributed by atoms with E-state index in [0.717, 1.165) is 26.2 Å². The largest absolute Gasteiger partial charge is 0.489 e. The van der Waals surface area contributed by atoms with Gasteiger partial charge in [0.1, 0.15) is 5.75 Å². The minimum absolute atomic E-state index is 0.0456. The van der Waals surface area contributed by atoms with Gasteiger partial charge in [0.2, 0.25) is 5.75 Å². The lowest BCUT2D eigenvalue weighted by Gasteiger charge is -2.31. The Hall–Kier alpha value is -2.98. The van der Waals surface area contributed by atoms with Crippen molar-refractivity contribution in [3.63, 3.8) is 0 Å². The van der Waals surface area contributed by atoms with Crippen LogP contribution in [0.1, 0.15) is 28.4 Å². The van der Waals surface area contributed by atoms with Crippen molar-refractivity contribution in [1.82, 2.24) is 14.2 Å². The van der Waals surface area contributed by atoms with E-state index in [2.05, 4.69) is 0 Å². The van der Waals surface area contributed by atoms with Gasteiger partial charge in [0, 0.05) is 63.9 Å². The third kappa shape index (κ3) is 4.27. The number of fused-ring (bicyclic) bond motifs is 1. The number of hydrogen-bond donors (Lipinski definition) is 0. The van der Waals surface area contributed by atoms with E-state index in [9.17, 15) is 19.5 Å². The Bertz CT molecular complexity index is 1160. The Kier molecular flexibility index (Phi) is 5.81. The molecule has 12 heteroatoms. The molecule has 0 aromatic heterocycles. The first-order valence-electron chi connectivity index (χ1n) is 11.0. The number of ether oxygens (including phenoxy) is 2. The van der Waals surface area contributed by atoms with Crippen LogP contribution in [0.3, 0.4) is 0 Å². The van der Waals surface area contributed by atoms with Gasteiger partial charge in [-0.05, 0) is 30.3 Å². The highest BCUT2D eigenvalue weighted by Crippen LogP contribution is 2.64. The van der Waals surface area contributed by atoms with Gasteiger partial charge in [-0.25, -0.2) is 9.34 Å². The van der Waals surface area contributed by atoms with Crippen molar-refractivity contribution in [2.45, 2.75) is 12.5 Å². The molecule has 3 aliphatic heterocycles. The van der Waals surface area contributed by atoms with Crippen LogP contribution in [0.2, 0.25) is 0 Å². The monoisotopic (exact) mass is 488 g/mol. The zero-order valence-corrected chi connectivity index (χ0v) is 19.8. The number of rotatable bonds is 8. The normalized spacial score (nSPS) is 19.6. The molecule has 0 radical (unpaired) electrons. The first-order valence-corrected chi connectivity index (χ1v) is 12.5. The molecule has 2 fully saturated rings. The molecule has 0 N–H and O–H groups in total. The van der Waals surface area contributed by atoms with Crippen molar-refractivity contribution in [2.75, 3.05) is 46.9 Å².